The molecule has 6 rings (SSSR count). The van der Waals surface area contributed by atoms with E-state index >= 15 is 0 Å². The lowest BCUT2D eigenvalue weighted by Gasteiger charge is -2.03. The van der Waals surface area contributed by atoms with Crippen molar-refractivity contribution in [2.45, 2.75) is 0 Å². The van der Waals surface area contributed by atoms with Crippen molar-refractivity contribution in [1.82, 2.24) is 40.8 Å². The fourth-order valence-corrected chi connectivity index (χ4v) is 4.10. The molecule has 19 heteroatoms. The lowest BCUT2D eigenvalue weighted by atomic mass is 10.1. The molecule has 2 heterocycles. The Balaban J connectivity index is 0.000000208. The monoisotopic (exact) mass is 723 g/mol. The van der Waals surface area contributed by atoms with Crippen LogP contribution in [0.25, 0.3) is 34.2 Å². The third-order valence-corrected chi connectivity index (χ3v) is 6.71. The predicted molar refractivity (Wildman–Crippen MR) is 185 cm³/mol. The van der Waals surface area contributed by atoms with Gasteiger partial charge in [-0.05, 0) is 71.8 Å². The zero-order valence-electron chi connectivity index (χ0n) is 27.2. The molecule has 19 nitrogen and oxygen atoms in total. The number of hydrogen-bond donors (Lipinski definition) is 2. The van der Waals surface area contributed by atoms with E-state index in [9.17, 15) is 29.4 Å². The van der Waals surface area contributed by atoms with Crippen molar-refractivity contribution in [1.29, 1.82) is 0 Å². The predicted octanol–water partition coefficient (Wildman–Crippen LogP) is 1.59. The normalized spacial score (nSPS) is 11.0. The first-order valence-corrected chi connectivity index (χ1v) is 15.1. The first-order valence-electron chi connectivity index (χ1n) is 15.1. The van der Waals surface area contributed by atoms with E-state index < -0.39 is 23.9 Å². The number of aromatic nitrogens is 8. The summed E-state index contributed by atoms with van der Waals surface area (Å²) in [5.74, 6) is -3.94. The molecule has 4 aromatic carbocycles. The molecule has 0 atom stereocenters. The average Bonchev–Trinajstić information content (AvgIpc) is 3.19. The van der Waals surface area contributed by atoms with Crippen LogP contribution >= 0.6 is 0 Å². The van der Waals surface area contributed by atoms with Crippen LogP contribution in [0.3, 0.4) is 0 Å². The topological polar surface area (TPSA) is 295 Å². The van der Waals surface area contributed by atoms with Gasteiger partial charge in [0.05, 0.1) is 35.1 Å². The number of rotatable bonds is 11. The lowest BCUT2D eigenvalue weighted by molar-refractivity contribution is -0.293. The second-order valence-corrected chi connectivity index (χ2v) is 10.4. The molecule has 0 aliphatic heterocycles. The molecule has 6 aromatic rings. The van der Waals surface area contributed by atoms with Gasteiger partial charge in [0.25, 0.3) is 5.95 Å². The Morgan fingerprint density at radius 1 is 0.500 bits per heavy atom. The molecule has 0 aliphatic rings. The number of aromatic carboxylic acids is 2. The zero-order chi connectivity index (χ0) is 38.5. The number of hydrogen-bond acceptors (Lipinski definition) is 17. The molecule has 0 bridgehead atoms. The molecule has 0 saturated heterocycles. The number of aliphatic imine (C=N–C) groups is 3. The van der Waals surface area contributed by atoms with E-state index in [4.69, 9.17) is 10.2 Å². The van der Waals surface area contributed by atoms with Crippen LogP contribution in [0.1, 0.15) is 26.3 Å². The number of carboxylic acid groups (broad SMARTS) is 4. The van der Waals surface area contributed by atoms with E-state index in [2.05, 4.69) is 55.8 Å². The number of nitrogens with zero attached hydrogens (tertiary/aromatic N) is 11. The Kier molecular flexibility index (Phi) is 12.0. The van der Waals surface area contributed by atoms with Crippen LogP contribution in [0.5, 0.6) is 0 Å². The van der Waals surface area contributed by atoms with E-state index in [0.717, 1.165) is 6.21 Å². The summed E-state index contributed by atoms with van der Waals surface area (Å²) in [6.07, 6.45) is 2.96. The summed E-state index contributed by atoms with van der Waals surface area (Å²) in [5, 5.41) is 70.1. The summed E-state index contributed by atoms with van der Waals surface area (Å²) >= 11 is 0. The van der Waals surface area contributed by atoms with Gasteiger partial charge in [0.15, 0.2) is 0 Å². The SMILES string of the molecule is O=C([O-])C=Nc1ccc(-c2nnc(-c3ccc(N=CC(=O)O)cc3)nn2)cc1.O=C([O-])c1ccc(-c2nnc(N=Cc3ccc(C(=O)O)cc3)nn2)cc1. The van der Waals surface area contributed by atoms with Crippen LogP contribution < -0.4 is 10.2 Å². The van der Waals surface area contributed by atoms with E-state index in [1.807, 2.05) is 0 Å². The average molecular weight is 724 g/mol. The molecule has 0 spiro atoms. The fraction of sp³-hybridized carbons (Fsp3) is 0. The first kappa shape index (κ1) is 36.9. The molecule has 0 radical (unpaired) electrons. The van der Waals surface area contributed by atoms with Crippen LogP contribution in [0.4, 0.5) is 17.3 Å². The summed E-state index contributed by atoms with van der Waals surface area (Å²) in [7, 11) is 0. The van der Waals surface area contributed by atoms with Crippen molar-refractivity contribution >= 4 is 59.8 Å². The highest BCUT2D eigenvalue weighted by Crippen LogP contribution is 2.21. The van der Waals surface area contributed by atoms with Gasteiger partial charge >= 0.3 is 11.9 Å². The minimum atomic E-state index is -1.38. The summed E-state index contributed by atoms with van der Waals surface area (Å²) in [5.41, 5.74) is 3.64. The highest BCUT2D eigenvalue weighted by Gasteiger charge is 2.08. The second-order valence-electron chi connectivity index (χ2n) is 10.4. The van der Waals surface area contributed by atoms with Gasteiger partial charge in [-0.25, -0.2) is 19.6 Å². The molecule has 0 amide bonds. The third-order valence-electron chi connectivity index (χ3n) is 6.71. The molecule has 0 fully saturated rings. The van der Waals surface area contributed by atoms with E-state index in [-0.39, 0.29) is 22.9 Å². The van der Waals surface area contributed by atoms with E-state index in [1.54, 1.807) is 60.7 Å². The third kappa shape index (κ3) is 10.6. The number of carbonyl (C=O) groups is 4. The summed E-state index contributed by atoms with van der Waals surface area (Å²) in [6, 6.07) is 25.0. The molecular weight excluding hydrogens is 702 g/mol. The van der Waals surface area contributed by atoms with Crippen molar-refractivity contribution in [2.24, 2.45) is 15.0 Å². The Morgan fingerprint density at radius 3 is 1.31 bits per heavy atom. The molecule has 0 saturated carbocycles. The Morgan fingerprint density at radius 2 is 0.907 bits per heavy atom. The second kappa shape index (κ2) is 17.5. The Hall–Kier alpha value is -8.35. The minimum Gasteiger partial charge on any atom is -0.545 e. The maximum atomic E-state index is 10.8. The van der Waals surface area contributed by atoms with E-state index in [0.29, 0.717) is 51.5 Å². The van der Waals surface area contributed by atoms with Gasteiger partial charge in [-0.2, -0.15) is 0 Å². The smallest absolute Gasteiger partial charge is 0.346 e. The van der Waals surface area contributed by atoms with Crippen LogP contribution in [-0.4, -0.2) is 93.5 Å². The van der Waals surface area contributed by atoms with Crippen LogP contribution in [0.15, 0.2) is 112 Å². The fourth-order valence-electron chi connectivity index (χ4n) is 4.10. The van der Waals surface area contributed by atoms with Crippen molar-refractivity contribution in [2.75, 3.05) is 0 Å². The summed E-state index contributed by atoms with van der Waals surface area (Å²) < 4.78 is 0. The zero-order valence-corrected chi connectivity index (χ0v) is 27.2. The minimum absolute atomic E-state index is 0.0300. The van der Waals surface area contributed by atoms with Crippen molar-refractivity contribution < 1.29 is 39.6 Å². The van der Waals surface area contributed by atoms with Gasteiger partial charge in [-0.3, -0.25) is 4.99 Å². The molecule has 54 heavy (non-hydrogen) atoms. The summed E-state index contributed by atoms with van der Waals surface area (Å²) in [6.45, 7) is 0. The largest absolute Gasteiger partial charge is 0.545 e. The molecular formula is C35H21N11O8-2. The van der Waals surface area contributed by atoms with Gasteiger partial charge in [-0.15, -0.1) is 40.8 Å². The molecule has 266 valence electrons. The van der Waals surface area contributed by atoms with Crippen molar-refractivity contribution in [3.63, 3.8) is 0 Å². The van der Waals surface area contributed by atoms with E-state index in [1.165, 1.54) is 42.6 Å². The van der Waals surface area contributed by atoms with Crippen molar-refractivity contribution in [3.8, 4) is 34.2 Å². The maximum absolute atomic E-state index is 10.8. The Labute approximate surface area is 302 Å². The van der Waals surface area contributed by atoms with Gasteiger partial charge in [0, 0.05) is 22.9 Å². The van der Waals surface area contributed by atoms with Crippen molar-refractivity contribution in [3.05, 3.63) is 114 Å². The maximum Gasteiger partial charge on any atom is 0.346 e. The van der Waals surface area contributed by atoms with Crippen LogP contribution in [-0.2, 0) is 9.59 Å². The standard InChI is InChI=1S/C18H12N6O4.C17H11N5O4/c25-15(26)9-19-13-5-1-11(2-6-13)17-21-23-18(24-22-17)12-3-7-14(8-4-12)20-10-16(27)28;23-15(24)12-3-1-10(2-4-12)9-18-17-21-19-14(20-22-17)11-5-7-13(8-6-11)16(25)26/h1-10H,(H,25,26)(H,27,28);1-9H,(H,23,24)(H,25,26)/p-2. The highest BCUT2D eigenvalue weighted by molar-refractivity contribution is 6.22. The van der Waals surface area contributed by atoms with Crippen LogP contribution in [0.2, 0.25) is 0 Å². The molecule has 2 aromatic heterocycles. The number of carboxylic acids is 4. The number of carbonyl (C=O) groups excluding carboxylic acids is 2. The summed E-state index contributed by atoms with van der Waals surface area (Å²) in [4.78, 5) is 53.9. The first-order chi connectivity index (χ1) is 26.0. The van der Waals surface area contributed by atoms with Gasteiger partial charge in [-0.1, -0.05) is 36.4 Å². The number of benzene rings is 4. The van der Waals surface area contributed by atoms with Crippen LogP contribution in [0, 0.1) is 0 Å². The molecule has 0 aliphatic carbocycles. The quantitative estimate of drug-likeness (QED) is 0.179. The number of aliphatic carboxylic acids is 2. The van der Waals surface area contributed by atoms with Gasteiger partial charge < -0.3 is 30.0 Å². The van der Waals surface area contributed by atoms with Gasteiger partial charge in [0.2, 0.25) is 17.5 Å². The molecule has 2 N–H and O–H groups in total. The van der Waals surface area contributed by atoms with Gasteiger partial charge in [0.1, 0.15) is 6.21 Å². The highest BCUT2D eigenvalue weighted by atomic mass is 16.4. The Bertz CT molecular complexity index is 2260. The lowest BCUT2D eigenvalue weighted by Crippen LogP contribution is -2.22. The molecule has 0 unspecified atom stereocenters.